The van der Waals surface area contributed by atoms with Crippen LogP contribution in [0.15, 0.2) is 0 Å². The number of terminal acetylenes is 5. The Balaban J connectivity index is -0.000000297. The van der Waals surface area contributed by atoms with Crippen molar-refractivity contribution in [1.82, 2.24) is 0 Å². The van der Waals surface area contributed by atoms with Gasteiger partial charge in [-0.25, -0.2) is 0 Å². The van der Waals surface area contributed by atoms with Crippen molar-refractivity contribution < 1.29 is 57.1 Å². The molecule has 2 unspecified atom stereocenters. The standard InChI is InChI=1S/C11H20O2.C10H18O2.C10H16O2.C9H14O2.C8H16O.C7H12O.C6H12O.C6H10.C5H10O.C5H8/c1-9(2)7-8-13-11(12)6-5-10-3-4-10;1-8(2)7-12-10(11)6-5-9-3-4-9;1-4-5-6-10(11)12-8-7-9(2)3;1-4-5-6-9(10)11-7-8(2)3;1-7(2)5-9-6-8-3-4-8;1-4-5-8-6-7(2)3;1-5(2)3-6-4-7-6;1-4-5-6(2)3;1-4(2)5-3-6-5;1-4-5(2)3/h9-10H,3-8H2,1-2H3;8-9H,3-7H2,1-2H3;1,9H,5-8H2,2-3H3;1,8H,5-7H2,2-3H3;7-8H,3-6H2,1-2H3;1,7H,5-6H2,2-3H3;5-6H,3-4H2,1-2H3;1,6H,5H2,2-3H3;4-5H,3H2,1-2H3;1,5H,2-3H3. The van der Waals surface area contributed by atoms with Gasteiger partial charge in [0.1, 0.15) is 6.61 Å². The van der Waals surface area contributed by atoms with Crippen molar-refractivity contribution in [2.75, 3.05) is 66.1 Å². The average molecular weight is 1250 g/mol. The van der Waals surface area contributed by atoms with Crippen LogP contribution in [0.5, 0.6) is 0 Å². The normalized spacial score (nSPS) is 15.2. The Bertz CT molecular complexity index is 1850. The molecule has 2 heterocycles. The van der Waals surface area contributed by atoms with Crippen molar-refractivity contribution in [2.24, 2.45) is 76.9 Å². The first-order valence-corrected chi connectivity index (χ1v) is 34.1. The maximum Gasteiger partial charge on any atom is 0.306 e. The molecule has 3 aliphatic carbocycles. The van der Waals surface area contributed by atoms with Crippen LogP contribution in [-0.2, 0) is 57.1 Å². The summed E-state index contributed by atoms with van der Waals surface area (Å²) in [5.41, 5.74) is 0. The van der Waals surface area contributed by atoms with E-state index in [0.717, 1.165) is 94.7 Å². The molecular weight excluding hydrogens is 1120 g/mol. The molecule has 3 saturated carbocycles. The predicted molar refractivity (Wildman–Crippen MR) is 371 cm³/mol. The molecule has 0 N–H and O–H groups in total. The average Bonchev–Trinajstić information content (AvgIpc) is 4.45. The van der Waals surface area contributed by atoms with E-state index in [-0.39, 0.29) is 23.9 Å². The first-order chi connectivity index (χ1) is 41.9. The van der Waals surface area contributed by atoms with Crippen molar-refractivity contribution in [3.63, 3.8) is 0 Å². The summed E-state index contributed by atoms with van der Waals surface area (Å²) in [6, 6.07) is 0. The first kappa shape index (κ1) is 93.2. The van der Waals surface area contributed by atoms with Crippen LogP contribution < -0.4 is 0 Å². The third-order valence-electron chi connectivity index (χ3n) is 12.2. The van der Waals surface area contributed by atoms with Gasteiger partial charge in [-0.2, -0.15) is 0 Å². The molecular formula is C77H136O12. The summed E-state index contributed by atoms with van der Waals surface area (Å²) in [5.74, 6) is 20.4. The Kier molecular flexibility index (Phi) is 68.1. The molecule has 2 saturated heterocycles. The van der Waals surface area contributed by atoms with Crippen molar-refractivity contribution in [3.05, 3.63) is 0 Å². The molecule has 5 aliphatic rings. The zero-order valence-corrected chi connectivity index (χ0v) is 60.7. The molecule has 12 nitrogen and oxygen atoms in total. The molecule has 0 bridgehead atoms. The van der Waals surface area contributed by atoms with Crippen LogP contribution in [0.25, 0.3) is 0 Å². The monoisotopic (exact) mass is 1250 g/mol. The largest absolute Gasteiger partial charge is 0.466 e. The van der Waals surface area contributed by atoms with Gasteiger partial charge in [0.2, 0.25) is 0 Å². The highest BCUT2D eigenvalue weighted by atomic mass is 16.6. The van der Waals surface area contributed by atoms with E-state index in [0.29, 0.717) is 131 Å². The van der Waals surface area contributed by atoms with Crippen molar-refractivity contribution >= 4 is 23.9 Å². The van der Waals surface area contributed by atoms with E-state index < -0.39 is 0 Å². The van der Waals surface area contributed by atoms with Crippen LogP contribution in [-0.4, -0.2) is 102 Å². The maximum atomic E-state index is 11.1. The third-order valence-corrected chi connectivity index (χ3v) is 12.2. The minimum Gasteiger partial charge on any atom is -0.466 e. The van der Waals surface area contributed by atoms with Gasteiger partial charge in [0.25, 0.3) is 0 Å². The number of esters is 4. The van der Waals surface area contributed by atoms with Crippen molar-refractivity contribution in [3.8, 4) is 61.7 Å². The van der Waals surface area contributed by atoms with E-state index in [9.17, 15) is 19.2 Å². The summed E-state index contributed by atoms with van der Waals surface area (Å²) in [5, 5.41) is 0. The van der Waals surface area contributed by atoms with E-state index in [4.69, 9.17) is 70.0 Å². The van der Waals surface area contributed by atoms with Gasteiger partial charge in [-0.15, -0.1) is 55.8 Å². The highest BCUT2D eigenvalue weighted by molar-refractivity contribution is 5.70. The number of rotatable bonds is 31. The Labute approximate surface area is 549 Å². The fourth-order valence-corrected chi connectivity index (χ4v) is 5.94. The summed E-state index contributed by atoms with van der Waals surface area (Å²) in [7, 11) is 0. The summed E-state index contributed by atoms with van der Waals surface area (Å²) in [4.78, 5) is 43.8. The minimum absolute atomic E-state index is 0.00690. The smallest absolute Gasteiger partial charge is 0.306 e. The lowest BCUT2D eigenvalue weighted by molar-refractivity contribution is -0.145. The van der Waals surface area contributed by atoms with Crippen LogP contribution in [0.1, 0.15) is 254 Å². The molecule has 5 rings (SSSR count). The molecule has 89 heavy (non-hydrogen) atoms. The SMILES string of the molecule is C#CC(C)C.C#CCC(C)C.C#CCCC(=O)OCC(C)C.C#CCCC(=O)OCCC(C)C.C#CCOCC(C)C.CC(C)C1CO1.CC(C)CC1CO1.CC(C)CCOC(=O)CCC1CC1.CC(C)COC(=O)CCC1CC1.CC(C)COCC1CC1. The molecule has 0 aromatic rings. The van der Waals surface area contributed by atoms with Crippen molar-refractivity contribution in [2.45, 2.75) is 266 Å². The molecule has 12 heteroatoms. The van der Waals surface area contributed by atoms with E-state index in [1.54, 1.807) is 0 Å². The lowest BCUT2D eigenvalue weighted by atomic mass is 10.1. The number of hydrogen-bond donors (Lipinski definition) is 0. The Morgan fingerprint density at radius 3 is 1.04 bits per heavy atom. The molecule has 2 aliphatic heterocycles. The quantitative estimate of drug-likeness (QED) is 0.0214. The zero-order valence-electron chi connectivity index (χ0n) is 60.7. The van der Waals surface area contributed by atoms with Gasteiger partial charge in [0, 0.05) is 51.2 Å². The second-order valence-corrected chi connectivity index (χ2v) is 27.6. The Morgan fingerprint density at radius 1 is 0.427 bits per heavy atom. The lowest BCUT2D eigenvalue weighted by Crippen LogP contribution is -2.09. The Morgan fingerprint density at radius 2 is 0.798 bits per heavy atom. The molecule has 2 atom stereocenters. The Hall–Kier alpha value is -4.48. The second kappa shape index (κ2) is 65.0. The minimum atomic E-state index is -0.198. The lowest BCUT2D eigenvalue weighted by Gasteiger charge is -2.06. The first-order valence-electron chi connectivity index (χ1n) is 34.1. The highest BCUT2D eigenvalue weighted by Crippen LogP contribution is 2.34. The fourth-order valence-electron chi connectivity index (χ4n) is 5.94. The predicted octanol–water partition coefficient (Wildman–Crippen LogP) is 17.5. The van der Waals surface area contributed by atoms with Gasteiger partial charge in [-0.05, 0) is 116 Å². The van der Waals surface area contributed by atoms with E-state index in [1.165, 1.54) is 44.9 Å². The summed E-state index contributed by atoms with van der Waals surface area (Å²) < 4.78 is 40.3. The topological polar surface area (TPSA) is 149 Å². The van der Waals surface area contributed by atoms with Crippen LogP contribution in [0.3, 0.4) is 0 Å². The molecule has 0 spiro atoms. The van der Waals surface area contributed by atoms with Crippen LogP contribution in [0.2, 0.25) is 0 Å². The molecule has 0 amide bonds. The summed E-state index contributed by atoms with van der Waals surface area (Å²) in [6.07, 6.45) is 43.1. The van der Waals surface area contributed by atoms with Gasteiger partial charge in [-0.3, -0.25) is 19.2 Å². The summed E-state index contributed by atoms with van der Waals surface area (Å²) in [6.45, 7) is 49.5. The third kappa shape index (κ3) is 99.9. The molecule has 516 valence electrons. The number of carbonyl (C=O) groups excluding carboxylic acids is 4. The van der Waals surface area contributed by atoms with Gasteiger partial charge in [-0.1, -0.05) is 170 Å². The van der Waals surface area contributed by atoms with Gasteiger partial charge in [0.05, 0.1) is 71.3 Å². The van der Waals surface area contributed by atoms with Crippen molar-refractivity contribution in [1.29, 1.82) is 0 Å². The van der Waals surface area contributed by atoms with E-state index in [2.05, 4.69) is 127 Å². The number of carbonyl (C=O) groups is 4. The van der Waals surface area contributed by atoms with E-state index >= 15 is 0 Å². The number of hydrogen-bond acceptors (Lipinski definition) is 12. The van der Waals surface area contributed by atoms with Gasteiger partial charge < -0.3 is 37.9 Å². The fraction of sp³-hybridized carbons (Fsp3) is 0.818. The van der Waals surface area contributed by atoms with E-state index in [1.807, 2.05) is 41.5 Å². The maximum absolute atomic E-state index is 11.1. The van der Waals surface area contributed by atoms with Crippen LogP contribution in [0.4, 0.5) is 0 Å². The van der Waals surface area contributed by atoms with Gasteiger partial charge in [0.15, 0.2) is 0 Å². The number of ether oxygens (including phenoxy) is 8. The van der Waals surface area contributed by atoms with Gasteiger partial charge >= 0.3 is 23.9 Å². The second-order valence-electron chi connectivity index (χ2n) is 27.6. The molecule has 5 fully saturated rings. The molecule has 0 aromatic heterocycles. The number of epoxide rings is 2. The molecule has 0 aromatic carbocycles. The highest BCUT2D eigenvalue weighted by Gasteiger charge is 2.26. The summed E-state index contributed by atoms with van der Waals surface area (Å²) >= 11 is 0. The van der Waals surface area contributed by atoms with Crippen LogP contribution in [0, 0.1) is 139 Å². The zero-order chi connectivity index (χ0) is 69.0. The molecule has 0 radical (unpaired) electrons. The van der Waals surface area contributed by atoms with Crippen LogP contribution >= 0.6 is 0 Å².